The highest BCUT2D eigenvalue weighted by Gasteiger charge is 2.26. The summed E-state index contributed by atoms with van der Waals surface area (Å²) in [5.74, 6) is 0. The van der Waals surface area contributed by atoms with Gasteiger partial charge in [-0.3, -0.25) is 4.79 Å². The van der Waals surface area contributed by atoms with Crippen LogP contribution in [0.1, 0.15) is 21.8 Å². The Bertz CT molecular complexity index is 389. The SMILES string of the molecule is Cc1nc(N2CCC(N(C)C)C2)sc1C=O. The lowest BCUT2D eigenvalue weighted by Gasteiger charge is -2.19. The topological polar surface area (TPSA) is 36.4 Å². The van der Waals surface area contributed by atoms with Gasteiger partial charge in [-0.2, -0.15) is 0 Å². The first-order valence-electron chi connectivity index (χ1n) is 5.46. The number of hydrogen-bond donors (Lipinski definition) is 0. The highest BCUT2D eigenvalue weighted by Crippen LogP contribution is 2.28. The van der Waals surface area contributed by atoms with Crippen molar-refractivity contribution >= 4 is 22.8 Å². The first-order chi connectivity index (χ1) is 7.61. The van der Waals surface area contributed by atoms with Gasteiger partial charge in [-0.05, 0) is 27.4 Å². The Balaban J connectivity index is 2.11. The molecule has 0 aromatic carbocycles. The molecule has 1 aliphatic rings. The summed E-state index contributed by atoms with van der Waals surface area (Å²) in [5, 5.41) is 0.990. The molecular formula is C11H17N3OS. The second kappa shape index (κ2) is 4.51. The minimum atomic E-state index is 0.601. The molecule has 1 aromatic rings. The van der Waals surface area contributed by atoms with Crippen LogP contribution in [-0.4, -0.2) is 49.4 Å². The number of anilines is 1. The molecule has 0 amide bonds. The Hall–Kier alpha value is -0.940. The van der Waals surface area contributed by atoms with Crippen molar-refractivity contribution in [2.75, 3.05) is 32.1 Å². The average Bonchev–Trinajstić information content (AvgIpc) is 2.83. The number of thiazole rings is 1. The van der Waals surface area contributed by atoms with Crippen molar-refractivity contribution in [1.29, 1.82) is 0 Å². The molecule has 2 heterocycles. The molecule has 0 N–H and O–H groups in total. The molecule has 0 bridgehead atoms. The van der Waals surface area contributed by atoms with Crippen molar-refractivity contribution in [3.63, 3.8) is 0 Å². The van der Waals surface area contributed by atoms with Gasteiger partial charge in [0.15, 0.2) is 11.4 Å². The van der Waals surface area contributed by atoms with Crippen LogP contribution in [0.5, 0.6) is 0 Å². The van der Waals surface area contributed by atoms with Crippen molar-refractivity contribution in [2.24, 2.45) is 0 Å². The van der Waals surface area contributed by atoms with Gasteiger partial charge in [0, 0.05) is 19.1 Å². The van der Waals surface area contributed by atoms with Gasteiger partial charge in [0.25, 0.3) is 0 Å². The van der Waals surface area contributed by atoms with Crippen LogP contribution in [0, 0.1) is 6.92 Å². The second-order valence-electron chi connectivity index (χ2n) is 4.42. The maximum absolute atomic E-state index is 10.8. The number of aryl methyl sites for hydroxylation is 1. The third-order valence-corrected chi connectivity index (χ3v) is 4.24. The molecule has 2 rings (SSSR count). The van der Waals surface area contributed by atoms with Gasteiger partial charge in [0.05, 0.1) is 10.6 Å². The van der Waals surface area contributed by atoms with E-state index in [9.17, 15) is 4.79 Å². The van der Waals surface area contributed by atoms with E-state index >= 15 is 0 Å². The number of likely N-dealkylation sites (N-methyl/N-ethyl adjacent to an activating group) is 1. The van der Waals surface area contributed by atoms with Gasteiger partial charge >= 0.3 is 0 Å². The van der Waals surface area contributed by atoms with Gasteiger partial charge in [0.1, 0.15) is 0 Å². The Morgan fingerprint density at radius 3 is 2.81 bits per heavy atom. The number of rotatable bonds is 3. The van der Waals surface area contributed by atoms with Crippen LogP contribution in [0.25, 0.3) is 0 Å². The summed E-state index contributed by atoms with van der Waals surface area (Å²) >= 11 is 1.50. The predicted molar refractivity (Wildman–Crippen MR) is 66.5 cm³/mol. The van der Waals surface area contributed by atoms with E-state index in [1.165, 1.54) is 17.8 Å². The molecule has 5 heteroatoms. The zero-order valence-corrected chi connectivity index (χ0v) is 10.8. The Morgan fingerprint density at radius 1 is 1.56 bits per heavy atom. The highest BCUT2D eigenvalue weighted by atomic mass is 32.1. The molecular weight excluding hydrogens is 222 g/mol. The number of nitrogens with zero attached hydrogens (tertiary/aromatic N) is 3. The fraction of sp³-hybridized carbons (Fsp3) is 0.636. The fourth-order valence-electron chi connectivity index (χ4n) is 1.98. The Morgan fingerprint density at radius 2 is 2.31 bits per heavy atom. The van der Waals surface area contributed by atoms with Crippen molar-refractivity contribution in [1.82, 2.24) is 9.88 Å². The number of aromatic nitrogens is 1. The number of aldehydes is 1. The summed E-state index contributed by atoms with van der Waals surface area (Å²) in [6.07, 6.45) is 2.07. The summed E-state index contributed by atoms with van der Waals surface area (Å²) in [5.41, 5.74) is 0.850. The van der Waals surface area contributed by atoms with Gasteiger partial charge in [-0.15, -0.1) is 0 Å². The smallest absolute Gasteiger partial charge is 0.186 e. The van der Waals surface area contributed by atoms with E-state index in [1.54, 1.807) is 0 Å². The summed E-state index contributed by atoms with van der Waals surface area (Å²) < 4.78 is 0. The molecule has 4 nitrogen and oxygen atoms in total. The zero-order valence-electron chi connectivity index (χ0n) is 9.93. The summed E-state index contributed by atoms with van der Waals surface area (Å²) in [4.78, 5) is 20.5. The van der Waals surface area contributed by atoms with Crippen LogP contribution < -0.4 is 4.90 Å². The lowest BCUT2D eigenvalue weighted by Crippen LogP contribution is -2.31. The van der Waals surface area contributed by atoms with Crippen LogP contribution in [-0.2, 0) is 0 Å². The molecule has 0 aliphatic carbocycles. The molecule has 1 unspecified atom stereocenters. The van der Waals surface area contributed by atoms with Crippen molar-refractivity contribution in [3.05, 3.63) is 10.6 Å². The van der Waals surface area contributed by atoms with Crippen LogP contribution in [0.15, 0.2) is 0 Å². The van der Waals surface area contributed by atoms with Gasteiger partial charge in [-0.1, -0.05) is 11.3 Å². The maximum atomic E-state index is 10.8. The summed E-state index contributed by atoms with van der Waals surface area (Å²) in [6.45, 7) is 3.94. The second-order valence-corrected chi connectivity index (χ2v) is 5.43. The average molecular weight is 239 g/mol. The van der Waals surface area contributed by atoms with Crippen molar-refractivity contribution in [3.8, 4) is 0 Å². The quantitative estimate of drug-likeness (QED) is 0.747. The standard InChI is InChI=1S/C11H17N3OS/c1-8-10(7-15)16-11(12-8)14-5-4-9(6-14)13(2)3/h7,9H,4-6H2,1-3H3. The van der Waals surface area contributed by atoms with Crippen LogP contribution in [0.2, 0.25) is 0 Å². The van der Waals surface area contributed by atoms with Crippen molar-refractivity contribution < 1.29 is 4.79 Å². The fourth-order valence-corrected chi connectivity index (χ4v) is 2.89. The van der Waals surface area contributed by atoms with Crippen LogP contribution in [0.4, 0.5) is 5.13 Å². The number of carbonyl (C=O) groups is 1. The van der Waals surface area contributed by atoms with E-state index in [2.05, 4.69) is 28.9 Å². The summed E-state index contributed by atoms with van der Waals surface area (Å²) in [6, 6.07) is 0.601. The van der Waals surface area contributed by atoms with Gasteiger partial charge in [0.2, 0.25) is 0 Å². The summed E-state index contributed by atoms with van der Waals surface area (Å²) in [7, 11) is 4.22. The molecule has 1 saturated heterocycles. The Labute approximate surface area is 99.9 Å². The first-order valence-corrected chi connectivity index (χ1v) is 6.27. The highest BCUT2D eigenvalue weighted by molar-refractivity contribution is 7.17. The molecule has 88 valence electrons. The largest absolute Gasteiger partial charge is 0.346 e. The molecule has 1 aliphatic heterocycles. The van der Waals surface area contributed by atoms with E-state index in [0.717, 1.165) is 35.1 Å². The minimum absolute atomic E-state index is 0.601. The lowest BCUT2D eigenvalue weighted by molar-refractivity contribution is 0.112. The monoisotopic (exact) mass is 239 g/mol. The van der Waals surface area contributed by atoms with Gasteiger partial charge < -0.3 is 9.80 Å². The van der Waals surface area contributed by atoms with Gasteiger partial charge in [-0.25, -0.2) is 4.98 Å². The molecule has 1 aromatic heterocycles. The molecule has 0 radical (unpaired) electrons. The molecule has 0 spiro atoms. The molecule has 16 heavy (non-hydrogen) atoms. The normalized spacial score (nSPS) is 20.8. The maximum Gasteiger partial charge on any atom is 0.186 e. The van der Waals surface area contributed by atoms with Crippen LogP contribution >= 0.6 is 11.3 Å². The third kappa shape index (κ3) is 2.10. The molecule has 1 atom stereocenters. The van der Waals surface area contributed by atoms with Crippen LogP contribution in [0.3, 0.4) is 0 Å². The van der Waals surface area contributed by atoms with E-state index in [-0.39, 0.29) is 0 Å². The lowest BCUT2D eigenvalue weighted by atomic mass is 10.2. The molecule has 0 saturated carbocycles. The van der Waals surface area contributed by atoms with E-state index in [1.807, 2.05) is 6.92 Å². The first kappa shape index (κ1) is 11.5. The predicted octanol–water partition coefficient (Wildman–Crippen LogP) is 1.40. The zero-order chi connectivity index (χ0) is 11.7. The third-order valence-electron chi connectivity index (χ3n) is 3.09. The van der Waals surface area contributed by atoms with E-state index in [0.29, 0.717) is 6.04 Å². The minimum Gasteiger partial charge on any atom is -0.346 e. The van der Waals surface area contributed by atoms with E-state index in [4.69, 9.17) is 0 Å². The molecule has 1 fully saturated rings. The number of hydrogen-bond acceptors (Lipinski definition) is 5. The Kier molecular flexibility index (Phi) is 3.25. The van der Waals surface area contributed by atoms with E-state index < -0.39 is 0 Å². The van der Waals surface area contributed by atoms with Crippen molar-refractivity contribution in [2.45, 2.75) is 19.4 Å². The number of carbonyl (C=O) groups excluding carboxylic acids is 1.